The van der Waals surface area contributed by atoms with E-state index in [1.807, 2.05) is 12.1 Å². The second-order valence-electron chi connectivity index (χ2n) is 2.55. The summed E-state index contributed by atoms with van der Waals surface area (Å²) >= 11 is 7.31. The minimum absolute atomic E-state index is 0.433. The quantitative estimate of drug-likeness (QED) is 0.827. The van der Waals surface area contributed by atoms with Crippen LogP contribution in [0, 0.1) is 0 Å². The van der Waals surface area contributed by atoms with Crippen molar-refractivity contribution in [3.8, 4) is 0 Å². The third-order valence-electron chi connectivity index (χ3n) is 1.50. The Hall–Kier alpha value is -1.07. The Balaban J connectivity index is 2.14. The molecule has 0 aromatic carbocycles. The van der Waals surface area contributed by atoms with E-state index in [0.29, 0.717) is 12.4 Å². The van der Waals surface area contributed by atoms with Crippen LogP contribution in [0.5, 0.6) is 0 Å². The van der Waals surface area contributed by atoms with E-state index in [1.54, 1.807) is 10.9 Å². The van der Waals surface area contributed by atoms with E-state index in [1.165, 1.54) is 11.3 Å². The molecule has 0 spiro atoms. The molecule has 0 bridgehead atoms. The molecule has 13 heavy (non-hydrogen) atoms. The Labute approximate surface area is 83.9 Å². The van der Waals surface area contributed by atoms with Gasteiger partial charge in [-0.1, -0.05) is 16.8 Å². The van der Waals surface area contributed by atoms with Crippen molar-refractivity contribution in [2.24, 2.45) is 0 Å². The number of halogens is 1. The standard InChI is InChI=1S/C7H7ClN4S/c8-6-2-1-5(13-6)3-12-4-7(9)10-11-12/h1-2,4H,3,9H2. The smallest absolute Gasteiger partial charge is 0.165 e. The molecule has 0 aliphatic heterocycles. The first kappa shape index (κ1) is 8.52. The van der Waals surface area contributed by atoms with Crippen LogP contribution in [0.1, 0.15) is 4.88 Å². The molecule has 68 valence electrons. The molecular formula is C7H7ClN4S. The van der Waals surface area contributed by atoms with Crippen molar-refractivity contribution < 1.29 is 0 Å². The summed E-state index contributed by atoms with van der Waals surface area (Å²) in [5.74, 6) is 0.433. The lowest BCUT2D eigenvalue weighted by Crippen LogP contribution is -1.97. The van der Waals surface area contributed by atoms with Gasteiger partial charge in [0.25, 0.3) is 0 Å². The van der Waals surface area contributed by atoms with Gasteiger partial charge in [-0.25, -0.2) is 4.68 Å². The van der Waals surface area contributed by atoms with Gasteiger partial charge < -0.3 is 5.73 Å². The molecule has 0 aliphatic carbocycles. The second-order valence-corrected chi connectivity index (χ2v) is 4.35. The van der Waals surface area contributed by atoms with Crippen molar-refractivity contribution in [3.63, 3.8) is 0 Å². The molecule has 0 aliphatic rings. The summed E-state index contributed by atoms with van der Waals surface area (Å²) in [6.45, 7) is 0.668. The first-order valence-electron chi connectivity index (χ1n) is 3.64. The van der Waals surface area contributed by atoms with E-state index in [0.717, 1.165) is 9.21 Å². The maximum atomic E-state index is 5.78. The topological polar surface area (TPSA) is 56.7 Å². The van der Waals surface area contributed by atoms with Crippen LogP contribution in [0.4, 0.5) is 5.82 Å². The number of thiophene rings is 1. The van der Waals surface area contributed by atoms with E-state index in [-0.39, 0.29) is 0 Å². The highest BCUT2D eigenvalue weighted by molar-refractivity contribution is 7.16. The summed E-state index contributed by atoms with van der Waals surface area (Å²) in [7, 11) is 0. The number of hydrogen-bond donors (Lipinski definition) is 1. The fourth-order valence-electron chi connectivity index (χ4n) is 0.987. The van der Waals surface area contributed by atoms with Crippen LogP contribution in [0.25, 0.3) is 0 Å². The molecule has 0 radical (unpaired) electrons. The van der Waals surface area contributed by atoms with Gasteiger partial charge >= 0.3 is 0 Å². The lowest BCUT2D eigenvalue weighted by molar-refractivity contribution is 0.656. The summed E-state index contributed by atoms with van der Waals surface area (Å²) < 4.78 is 2.46. The monoisotopic (exact) mass is 214 g/mol. The molecule has 4 nitrogen and oxygen atoms in total. The van der Waals surface area contributed by atoms with Gasteiger partial charge in [0.15, 0.2) is 5.82 Å². The average molecular weight is 215 g/mol. The van der Waals surface area contributed by atoms with E-state index in [4.69, 9.17) is 17.3 Å². The number of hydrogen-bond acceptors (Lipinski definition) is 4. The van der Waals surface area contributed by atoms with Crippen molar-refractivity contribution in [2.75, 3.05) is 5.73 Å². The molecular weight excluding hydrogens is 208 g/mol. The van der Waals surface area contributed by atoms with E-state index < -0.39 is 0 Å². The number of aromatic nitrogens is 3. The fraction of sp³-hybridized carbons (Fsp3) is 0.143. The highest BCUT2D eigenvalue weighted by atomic mass is 35.5. The molecule has 0 fully saturated rings. The lowest BCUT2D eigenvalue weighted by Gasteiger charge is -1.94. The Morgan fingerprint density at radius 1 is 1.54 bits per heavy atom. The Morgan fingerprint density at radius 3 is 2.92 bits per heavy atom. The molecule has 2 heterocycles. The Morgan fingerprint density at radius 2 is 2.38 bits per heavy atom. The first-order valence-corrected chi connectivity index (χ1v) is 4.83. The number of nitrogen functional groups attached to an aromatic ring is 1. The number of anilines is 1. The number of rotatable bonds is 2. The molecule has 2 aromatic heterocycles. The molecule has 6 heteroatoms. The molecule has 0 unspecified atom stereocenters. The molecule has 0 saturated heterocycles. The van der Waals surface area contributed by atoms with Crippen LogP contribution >= 0.6 is 22.9 Å². The molecule has 2 N–H and O–H groups in total. The van der Waals surface area contributed by atoms with Gasteiger partial charge in [-0.15, -0.1) is 16.4 Å². The van der Waals surface area contributed by atoms with E-state index in [2.05, 4.69) is 10.3 Å². The summed E-state index contributed by atoms with van der Waals surface area (Å²) in [6.07, 6.45) is 1.69. The van der Waals surface area contributed by atoms with Crippen LogP contribution in [-0.2, 0) is 6.54 Å². The van der Waals surface area contributed by atoms with Crippen molar-refractivity contribution in [3.05, 3.63) is 27.5 Å². The van der Waals surface area contributed by atoms with Crippen LogP contribution < -0.4 is 5.73 Å². The van der Waals surface area contributed by atoms with Gasteiger partial charge in [0, 0.05) is 4.88 Å². The van der Waals surface area contributed by atoms with Gasteiger partial charge in [0.05, 0.1) is 17.1 Å². The second kappa shape index (κ2) is 3.35. The summed E-state index contributed by atoms with van der Waals surface area (Å²) in [6, 6.07) is 3.83. The van der Waals surface area contributed by atoms with Crippen LogP contribution in [-0.4, -0.2) is 15.0 Å². The Bertz CT molecular complexity index is 370. The highest BCUT2D eigenvalue weighted by Crippen LogP contribution is 2.21. The van der Waals surface area contributed by atoms with Crippen LogP contribution in [0.3, 0.4) is 0 Å². The zero-order chi connectivity index (χ0) is 9.26. The summed E-state index contributed by atoms with van der Waals surface area (Å²) in [4.78, 5) is 1.13. The largest absolute Gasteiger partial charge is 0.381 e. The maximum Gasteiger partial charge on any atom is 0.165 e. The van der Waals surface area contributed by atoms with Gasteiger partial charge in [0.1, 0.15) is 0 Å². The van der Waals surface area contributed by atoms with Gasteiger partial charge in [-0.2, -0.15) is 0 Å². The predicted octanol–water partition coefficient (Wildman–Crippen LogP) is 1.62. The van der Waals surface area contributed by atoms with Gasteiger partial charge in [-0.3, -0.25) is 0 Å². The first-order chi connectivity index (χ1) is 6.24. The zero-order valence-electron chi connectivity index (χ0n) is 6.64. The third-order valence-corrected chi connectivity index (χ3v) is 2.72. The molecule has 0 amide bonds. The minimum atomic E-state index is 0.433. The highest BCUT2D eigenvalue weighted by Gasteiger charge is 2.00. The molecule has 0 atom stereocenters. The molecule has 2 aromatic rings. The van der Waals surface area contributed by atoms with Crippen LogP contribution in [0.15, 0.2) is 18.3 Å². The molecule has 0 saturated carbocycles. The van der Waals surface area contributed by atoms with E-state index >= 15 is 0 Å². The average Bonchev–Trinajstić information content (AvgIpc) is 2.62. The van der Waals surface area contributed by atoms with Gasteiger partial charge in [0.2, 0.25) is 0 Å². The van der Waals surface area contributed by atoms with Crippen LogP contribution in [0.2, 0.25) is 4.34 Å². The molecule has 2 rings (SSSR count). The third kappa shape index (κ3) is 1.99. The van der Waals surface area contributed by atoms with Crippen molar-refractivity contribution >= 4 is 28.8 Å². The van der Waals surface area contributed by atoms with Crippen molar-refractivity contribution in [2.45, 2.75) is 6.54 Å². The van der Waals surface area contributed by atoms with E-state index in [9.17, 15) is 0 Å². The summed E-state index contributed by atoms with van der Waals surface area (Å²) in [5, 5.41) is 7.51. The number of nitrogens with two attached hydrogens (primary N) is 1. The fourth-order valence-corrected chi connectivity index (χ4v) is 2.07. The van der Waals surface area contributed by atoms with Gasteiger partial charge in [-0.05, 0) is 12.1 Å². The zero-order valence-corrected chi connectivity index (χ0v) is 8.22. The number of nitrogens with zero attached hydrogens (tertiary/aromatic N) is 3. The van der Waals surface area contributed by atoms with Crippen molar-refractivity contribution in [1.29, 1.82) is 0 Å². The SMILES string of the molecule is Nc1cn(Cc2ccc(Cl)s2)nn1. The normalized spacial score (nSPS) is 10.5. The van der Waals surface area contributed by atoms with Crippen molar-refractivity contribution in [1.82, 2.24) is 15.0 Å². The summed E-state index contributed by atoms with van der Waals surface area (Å²) in [5.41, 5.74) is 5.42. The minimum Gasteiger partial charge on any atom is -0.381 e. The predicted molar refractivity (Wildman–Crippen MR) is 52.9 cm³/mol. The maximum absolute atomic E-state index is 5.78. The Kier molecular flexibility index (Phi) is 2.20. The lowest BCUT2D eigenvalue weighted by atomic mass is 10.5.